The molecule has 1 aliphatic rings. The zero-order valence-corrected chi connectivity index (χ0v) is 7.89. The van der Waals surface area contributed by atoms with Crippen LogP contribution in [0, 0.1) is 0 Å². The third kappa shape index (κ3) is 1.77. The van der Waals surface area contributed by atoms with Crippen molar-refractivity contribution in [1.29, 1.82) is 0 Å². The highest BCUT2D eigenvalue weighted by molar-refractivity contribution is 5.36. The molecule has 0 saturated heterocycles. The topological polar surface area (TPSA) is 12.0 Å². The fraction of sp³-hybridized carbons (Fsp3) is 0.455. The summed E-state index contributed by atoms with van der Waals surface area (Å²) >= 11 is 0. The Hall–Kier alpha value is -0.960. The number of nitrogens with one attached hydrogen (secondary N) is 1. The van der Waals surface area contributed by atoms with Crippen LogP contribution in [0.4, 0.5) is 8.78 Å². The van der Waals surface area contributed by atoms with E-state index in [1.54, 1.807) is 6.07 Å². The smallest absolute Gasteiger partial charge is 0.264 e. The van der Waals surface area contributed by atoms with Crippen molar-refractivity contribution in [2.45, 2.75) is 25.8 Å². The van der Waals surface area contributed by atoms with Gasteiger partial charge in [0.2, 0.25) is 0 Å². The van der Waals surface area contributed by atoms with Crippen molar-refractivity contribution in [1.82, 2.24) is 5.32 Å². The Morgan fingerprint density at radius 3 is 2.93 bits per heavy atom. The van der Waals surface area contributed by atoms with Crippen molar-refractivity contribution < 1.29 is 8.78 Å². The van der Waals surface area contributed by atoms with Crippen molar-refractivity contribution >= 4 is 0 Å². The summed E-state index contributed by atoms with van der Waals surface area (Å²) in [5.41, 5.74) is 2.10. The molecule has 1 nitrogen and oxygen atoms in total. The molecule has 3 heteroatoms. The average Bonchev–Trinajstić information content (AvgIpc) is 2.41. The Morgan fingerprint density at radius 2 is 2.14 bits per heavy atom. The second kappa shape index (κ2) is 4.05. The van der Waals surface area contributed by atoms with Crippen molar-refractivity contribution in [3.05, 3.63) is 34.9 Å². The lowest BCUT2D eigenvalue weighted by atomic mass is 9.98. The van der Waals surface area contributed by atoms with Crippen molar-refractivity contribution in [2.24, 2.45) is 0 Å². The van der Waals surface area contributed by atoms with E-state index in [0.29, 0.717) is 0 Å². The average molecular weight is 197 g/mol. The maximum atomic E-state index is 12.7. The van der Waals surface area contributed by atoms with Crippen molar-refractivity contribution in [3.8, 4) is 0 Å². The largest absolute Gasteiger partial charge is 0.313 e. The zero-order chi connectivity index (χ0) is 9.97. The highest BCUT2D eigenvalue weighted by Crippen LogP contribution is 2.27. The van der Waals surface area contributed by atoms with Crippen LogP contribution in [0.3, 0.4) is 0 Å². The number of alkyl halides is 2. The number of fused-ring (bicyclic) bond motifs is 1. The van der Waals surface area contributed by atoms with Crippen LogP contribution in [0.1, 0.15) is 29.5 Å². The van der Waals surface area contributed by atoms with E-state index >= 15 is 0 Å². The van der Waals surface area contributed by atoms with E-state index in [1.165, 1.54) is 6.07 Å². The molecule has 1 heterocycles. The molecule has 0 spiro atoms. The van der Waals surface area contributed by atoms with Gasteiger partial charge in [0.15, 0.2) is 0 Å². The number of hydrogen-bond donors (Lipinski definition) is 1. The van der Waals surface area contributed by atoms with Gasteiger partial charge in [-0.05, 0) is 30.5 Å². The molecular formula is C11H13F2N. The predicted molar refractivity (Wildman–Crippen MR) is 51.4 cm³/mol. The van der Waals surface area contributed by atoms with Gasteiger partial charge in [-0.2, -0.15) is 0 Å². The van der Waals surface area contributed by atoms with Crippen LogP contribution < -0.4 is 5.32 Å². The van der Waals surface area contributed by atoms with Crippen LogP contribution in [0.25, 0.3) is 0 Å². The van der Waals surface area contributed by atoms with Crippen LogP contribution in [0.5, 0.6) is 0 Å². The Labute approximate surface area is 82.1 Å². The first-order valence-corrected chi connectivity index (χ1v) is 4.88. The molecule has 0 amide bonds. The van der Waals surface area contributed by atoms with E-state index in [0.717, 1.165) is 37.1 Å². The van der Waals surface area contributed by atoms with Gasteiger partial charge in [-0.3, -0.25) is 0 Å². The number of rotatable bonds is 1. The number of halogens is 2. The third-order valence-electron chi connectivity index (χ3n) is 2.64. The molecule has 0 fully saturated rings. The molecule has 1 aromatic carbocycles. The van der Waals surface area contributed by atoms with Crippen LogP contribution in [-0.4, -0.2) is 6.54 Å². The quantitative estimate of drug-likeness (QED) is 0.729. The molecule has 0 aliphatic carbocycles. The summed E-state index contributed by atoms with van der Waals surface area (Å²) in [4.78, 5) is 0. The van der Waals surface area contributed by atoms with Gasteiger partial charge in [-0.15, -0.1) is 0 Å². The van der Waals surface area contributed by atoms with Gasteiger partial charge >= 0.3 is 0 Å². The first kappa shape index (κ1) is 9.59. The van der Waals surface area contributed by atoms with Gasteiger partial charge in [-0.1, -0.05) is 18.2 Å². The number of benzene rings is 1. The van der Waals surface area contributed by atoms with Crippen LogP contribution in [0.2, 0.25) is 0 Å². The highest BCUT2D eigenvalue weighted by atomic mass is 19.3. The maximum Gasteiger partial charge on any atom is 0.264 e. The molecule has 0 atom stereocenters. The van der Waals surface area contributed by atoms with Crippen LogP contribution in [-0.2, 0) is 13.0 Å². The van der Waals surface area contributed by atoms with Gasteiger partial charge in [0.25, 0.3) is 6.43 Å². The van der Waals surface area contributed by atoms with Crippen LogP contribution in [0.15, 0.2) is 18.2 Å². The first-order valence-electron chi connectivity index (χ1n) is 4.88. The Kier molecular flexibility index (Phi) is 2.77. The summed E-state index contributed by atoms with van der Waals surface area (Å²) < 4.78 is 25.3. The van der Waals surface area contributed by atoms with Gasteiger partial charge in [0.05, 0.1) is 0 Å². The predicted octanol–water partition coefficient (Wildman–Crippen LogP) is 2.66. The van der Waals surface area contributed by atoms with E-state index in [9.17, 15) is 8.78 Å². The minimum Gasteiger partial charge on any atom is -0.313 e. The zero-order valence-electron chi connectivity index (χ0n) is 7.89. The summed E-state index contributed by atoms with van der Waals surface area (Å²) in [6.45, 7) is 1.63. The molecule has 76 valence electrons. The fourth-order valence-corrected chi connectivity index (χ4v) is 1.94. The molecule has 0 saturated carbocycles. The van der Waals surface area contributed by atoms with E-state index in [4.69, 9.17) is 0 Å². The Balaban J connectivity index is 2.42. The van der Waals surface area contributed by atoms with E-state index in [1.807, 2.05) is 6.07 Å². The first-order chi connectivity index (χ1) is 6.79. The summed E-state index contributed by atoms with van der Waals surface area (Å²) in [6, 6.07) is 5.18. The highest BCUT2D eigenvalue weighted by Gasteiger charge is 2.16. The minimum atomic E-state index is -2.34. The summed E-state index contributed by atoms with van der Waals surface area (Å²) in [5, 5.41) is 3.22. The number of hydrogen-bond acceptors (Lipinski definition) is 1. The summed E-state index contributed by atoms with van der Waals surface area (Å²) in [5.74, 6) is 0. The Morgan fingerprint density at radius 1 is 1.29 bits per heavy atom. The fourth-order valence-electron chi connectivity index (χ4n) is 1.94. The van der Waals surface area contributed by atoms with Gasteiger partial charge in [-0.25, -0.2) is 8.78 Å². The molecule has 1 N–H and O–H groups in total. The van der Waals surface area contributed by atoms with Crippen molar-refractivity contribution in [3.63, 3.8) is 0 Å². The molecule has 0 unspecified atom stereocenters. The second-order valence-corrected chi connectivity index (χ2v) is 3.57. The van der Waals surface area contributed by atoms with Gasteiger partial charge in [0.1, 0.15) is 0 Å². The maximum absolute atomic E-state index is 12.7. The standard InChI is InChI=1S/C11H13F2N/c12-11(13)10-4-1-3-8-7-14-6-2-5-9(8)10/h1,3-4,11,14H,2,5-7H2. The summed E-state index contributed by atoms with van der Waals surface area (Å²) in [7, 11) is 0. The molecule has 2 rings (SSSR count). The van der Waals surface area contributed by atoms with E-state index in [-0.39, 0.29) is 5.56 Å². The lowest BCUT2D eigenvalue weighted by molar-refractivity contribution is 0.150. The van der Waals surface area contributed by atoms with Gasteiger partial charge < -0.3 is 5.32 Å². The van der Waals surface area contributed by atoms with E-state index < -0.39 is 6.43 Å². The molecular weight excluding hydrogens is 184 g/mol. The van der Waals surface area contributed by atoms with Crippen LogP contribution >= 0.6 is 0 Å². The Bertz CT molecular complexity index is 323. The third-order valence-corrected chi connectivity index (χ3v) is 2.64. The van der Waals surface area contributed by atoms with E-state index in [2.05, 4.69) is 5.32 Å². The molecule has 1 aliphatic heterocycles. The molecule has 0 bridgehead atoms. The lowest BCUT2D eigenvalue weighted by Crippen LogP contribution is -2.11. The monoisotopic (exact) mass is 197 g/mol. The minimum absolute atomic E-state index is 0.214. The van der Waals surface area contributed by atoms with Gasteiger partial charge in [0, 0.05) is 12.1 Å². The molecule has 14 heavy (non-hydrogen) atoms. The SMILES string of the molecule is FC(F)c1cccc2c1CCCNC2. The molecule has 1 aromatic rings. The van der Waals surface area contributed by atoms with Crippen molar-refractivity contribution in [2.75, 3.05) is 6.54 Å². The second-order valence-electron chi connectivity index (χ2n) is 3.57. The normalized spacial score (nSPS) is 16.5. The molecule has 0 aromatic heterocycles. The molecule has 0 radical (unpaired) electrons. The summed E-state index contributed by atoms with van der Waals surface area (Å²) in [6.07, 6.45) is -0.636. The lowest BCUT2D eigenvalue weighted by Gasteiger charge is -2.10.